The van der Waals surface area contributed by atoms with E-state index in [0.29, 0.717) is 52.5 Å². The topological polar surface area (TPSA) is 129 Å². The van der Waals surface area contributed by atoms with E-state index in [0.717, 1.165) is 17.7 Å². The molecular weight excluding hydrogens is 734 g/mol. The van der Waals surface area contributed by atoms with Crippen LogP contribution in [0.25, 0.3) is 16.9 Å². The van der Waals surface area contributed by atoms with Gasteiger partial charge in [0.1, 0.15) is 22.9 Å². The molecule has 2 saturated heterocycles. The van der Waals surface area contributed by atoms with Crippen LogP contribution in [0.5, 0.6) is 0 Å². The Morgan fingerprint density at radius 3 is 2.46 bits per heavy atom. The summed E-state index contributed by atoms with van der Waals surface area (Å²) in [6, 6.07) is 5.61. The second-order valence-corrected chi connectivity index (χ2v) is 16.3. The van der Waals surface area contributed by atoms with Gasteiger partial charge in [-0.25, -0.2) is 31.9 Å². The SMILES string of the molecule is CNc1cc(N2CCc3c(-c4ncc(CN5CC6(CCN(C(=O)OC(C)(C)C)CC6(F)F)C5)cc4F)cc(F)cc32)nn2c(C(=O)N[C@@H]3CC[C@H]3OC)cnc12. The van der Waals surface area contributed by atoms with Gasteiger partial charge in [0.05, 0.1) is 36.0 Å². The van der Waals surface area contributed by atoms with Crippen molar-refractivity contribution >= 4 is 34.8 Å². The van der Waals surface area contributed by atoms with Crippen LogP contribution < -0.4 is 15.5 Å². The lowest BCUT2D eigenvalue weighted by Gasteiger charge is -2.57. The van der Waals surface area contributed by atoms with E-state index >= 15 is 17.6 Å². The summed E-state index contributed by atoms with van der Waals surface area (Å²) in [6.45, 7) is 5.31. The number of rotatable bonds is 8. The highest BCUT2D eigenvalue weighted by molar-refractivity contribution is 5.94. The van der Waals surface area contributed by atoms with E-state index < -0.39 is 41.2 Å². The van der Waals surface area contributed by atoms with Crippen LogP contribution in [0.4, 0.5) is 39.5 Å². The molecule has 17 heteroatoms. The molecule has 4 aromatic rings. The van der Waals surface area contributed by atoms with Gasteiger partial charge in [-0.3, -0.25) is 14.7 Å². The van der Waals surface area contributed by atoms with Crippen molar-refractivity contribution in [3.63, 3.8) is 0 Å². The van der Waals surface area contributed by atoms with Gasteiger partial charge < -0.3 is 29.9 Å². The number of ether oxygens (including phenoxy) is 2. The number of pyridine rings is 1. The molecule has 3 aromatic heterocycles. The summed E-state index contributed by atoms with van der Waals surface area (Å²) in [6.07, 6.45) is 4.38. The Labute approximate surface area is 321 Å². The summed E-state index contributed by atoms with van der Waals surface area (Å²) in [7, 11) is 3.34. The minimum absolute atomic E-state index is 0.0225. The number of carbonyl (C=O) groups is 2. The molecule has 0 unspecified atom stereocenters. The van der Waals surface area contributed by atoms with Crippen LogP contribution in [-0.4, -0.2) is 112 Å². The van der Waals surface area contributed by atoms with Crippen LogP contribution in [0.3, 0.4) is 0 Å². The maximum Gasteiger partial charge on any atom is 0.410 e. The standard InChI is InChI=1S/C39H45F4N9O4/c1-37(2,3)56-36(54)50-11-9-38(39(42,43)21-50)19-49(20-38)18-22-12-26(41)33(45-16-22)25-13-23(40)14-29-24(25)8-10-51(29)32-15-28(44-4)34-46-17-30(52(34)48-32)35(53)47-27-6-7-31(27)55-5/h12-17,27,31,44H,6-11,18-21H2,1-5H3,(H,47,53)/t27-,31-/m1/s1. The number of nitrogens with one attached hydrogen (secondary N) is 2. The van der Waals surface area contributed by atoms with Gasteiger partial charge in [-0.15, -0.1) is 5.10 Å². The molecule has 8 rings (SSSR count). The summed E-state index contributed by atoms with van der Waals surface area (Å²) >= 11 is 0. The fourth-order valence-corrected chi connectivity index (χ4v) is 8.34. The van der Waals surface area contributed by atoms with Crippen LogP contribution in [0, 0.1) is 17.0 Å². The zero-order chi connectivity index (χ0) is 39.7. The zero-order valence-electron chi connectivity index (χ0n) is 32.0. The van der Waals surface area contributed by atoms with E-state index in [4.69, 9.17) is 14.6 Å². The molecule has 56 heavy (non-hydrogen) atoms. The van der Waals surface area contributed by atoms with Gasteiger partial charge in [-0.05, 0) is 75.8 Å². The summed E-state index contributed by atoms with van der Waals surface area (Å²) < 4.78 is 74.4. The molecular formula is C39H45F4N9O4. The van der Waals surface area contributed by atoms with Crippen LogP contribution in [0.2, 0.25) is 0 Å². The van der Waals surface area contributed by atoms with Crippen LogP contribution in [0.1, 0.15) is 61.6 Å². The van der Waals surface area contributed by atoms with E-state index in [9.17, 15) is 9.59 Å². The van der Waals surface area contributed by atoms with Crippen molar-refractivity contribution in [2.45, 2.75) is 76.7 Å². The van der Waals surface area contributed by atoms with Crippen molar-refractivity contribution < 1.29 is 36.6 Å². The van der Waals surface area contributed by atoms with Crippen LogP contribution in [-0.2, 0) is 22.4 Å². The first kappa shape index (κ1) is 37.9. The number of piperidine rings is 1. The van der Waals surface area contributed by atoms with Gasteiger partial charge in [0.2, 0.25) is 0 Å². The molecule has 3 fully saturated rings. The maximum atomic E-state index is 15.9. The number of likely N-dealkylation sites (tertiary alicyclic amines) is 2. The third-order valence-corrected chi connectivity index (χ3v) is 11.4. The quantitative estimate of drug-likeness (QED) is 0.212. The van der Waals surface area contributed by atoms with E-state index in [1.807, 2.05) is 9.80 Å². The first-order valence-electron chi connectivity index (χ1n) is 18.8. The fourth-order valence-electron chi connectivity index (χ4n) is 8.34. The third-order valence-electron chi connectivity index (χ3n) is 11.4. The molecule has 1 spiro atoms. The highest BCUT2D eigenvalue weighted by Crippen LogP contribution is 2.51. The zero-order valence-corrected chi connectivity index (χ0v) is 32.0. The Hall–Kier alpha value is -5.03. The minimum Gasteiger partial charge on any atom is -0.444 e. The van der Waals surface area contributed by atoms with Crippen molar-refractivity contribution in [1.82, 2.24) is 34.7 Å². The van der Waals surface area contributed by atoms with Gasteiger partial charge in [-0.1, -0.05) is 0 Å². The third kappa shape index (κ3) is 6.67. The lowest BCUT2D eigenvalue weighted by molar-refractivity contribution is -0.223. The Balaban J connectivity index is 0.988. The number of imidazole rings is 1. The highest BCUT2D eigenvalue weighted by Gasteiger charge is 2.63. The van der Waals surface area contributed by atoms with Crippen molar-refractivity contribution in [1.29, 1.82) is 0 Å². The molecule has 2 amide bonds. The first-order chi connectivity index (χ1) is 26.6. The number of hydrogen-bond acceptors (Lipinski definition) is 10. The summed E-state index contributed by atoms with van der Waals surface area (Å²) in [5.41, 5.74) is 1.16. The molecule has 2 atom stereocenters. The number of amides is 2. The number of alkyl halides is 2. The largest absolute Gasteiger partial charge is 0.444 e. The van der Waals surface area contributed by atoms with Gasteiger partial charge in [0.25, 0.3) is 11.8 Å². The number of benzene rings is 1. The maximum absolute atomic E-state index is 15.9. The number of fused-ring (bicyclic) bond motifs is 2. The van der Waals surface area contributed by atoms with E-state index in [1.54, 1.807) is 41.0 Å². The Kier molecular flexibility index (Phi) is 9.38. The number of anilines is 3. The van der Waals surface area contributed by atoms with Gasteiger partial charge in [0, 0.05) is 70.4 Å². The smallest absolute Gasteiger partial charge is 0.410 e. The van der Waals surface area contributed by atoms with Gasteiger partial charge in [0.15, 0.2) is 17.2 Å². The fraction of sp³-hybridized carbons (Fsp3) is 0.513. The molecule has 1 aromatic carbocycles. The Morgan fingerprint density at radius 1 is 1.02 bits per heavy atom. The van der Waals surface area contributed by atoms with Crippen molar-refractivity contribution in [2.24, 2.45) is 5.41 Å². The van der Waals surface area contributed by atoms with Crippen molar-refractivity contribution in [3.8, 4) is 11.3 Å². The van der Waals surface area contributed by atoms with Gasteiger partial charge >= 0.3 is 6.09 Å². The second kappa shape index (κ2) is 13.9. The molecule has 2 N–H and O–H groups in total. The Bertz CT molecular complexity index is 2200. The summed E-state index contributed by atoms with van der Waals surface area (Å²) in [4.78, 5) is 39.3. The molecule has 0 bridgehead atoms. The monoisotopic (exact) mass is 779 g/mol. The summed E-state index contributed by atoms with van der Waals surface area (Å²) in [5.74, 6) is -4.28. The lowest BCUT2D eigenvalue weighted by atomic mass is 9.69. The molecule has 1 saturated carbocycles. The van der Waals surface area contributed by atoms with Crippen LogP contribution in [0.15, 0.2) is 36.7 Å². The molecule has 0 radical (unpaired) electrons. The Morgan fingerprint density at radius 2 is 1.80 bits per heavy atom. The van der Waals surface area contributed by atoms with Gasteiger partial charge in [-0.2, -0.15) is 0 Å². The van der Waals surface area contributed by atoms with E-state index in [-0.39, 0.29) is 62.0 Å². The average molecular weight is 780 g/mol. The molecule has 4 aliphatic rings. The number of nitrogens with zero attached hydrogens (tertiary/aromatic N) is 7. The summed E-state index contributed by atoms with van der Waals surface area (Å²) in [5, 5.41) is 10.9. The number of carbonyl (C=O) groups excluding carboxylic acids is 2. The first-order valence-corrected chi connectivity index (χ1v) is 18.8. The number of methoxy groups -OCH3 is 1. The predicted molar refractivity (Wildman–Crippen MR) is 199 cm³/mol. The molecule has 3 aliphatic heterocycles. The molecule has 13 nitrogen and oxygen atoms in total. The van der Waals surface area contributed by atoms with E-state index in [2.05, 4.69) is 20.6 Å². The van der Waals surface area contributed by atoms with Crippen molar-refractivity contribution in [2.75, 3.05) is 57.1 Å². The second-order valence-electron chi connectivity index (χ2n) is 16.3. The number of halogens is 4. The number of aromatic nitrogens is 4. The minimum atomic E-state index is -3.12. The predicted octanol–water partition coefficient (Wildman–Crippen LogP) is 5.79. The normalized spacial score (nSPS) is 21.4. The van der Waals surface area contributed by atoms with Crippen molar-refractivity contribution in [3.05, 3.63) is 65.1 Å². The highest BCUT2D eigenvalue weighted by atomic mass is 19.3. The molecule has 6 heterocycles. The average Bonchev–Trinajstić information content (AvgIpc) is 3.73. The lowest BCUT2D eigenvalue weighted by Crippen LogP contribution is -2.70. The van der Waals surface area contributed by atoms with E-state index in [1.165, 1.54) is 35.1 Å². The number of hydrogen-bond donors (Lipinski definition) is 2. The molecule has 298 valence electrons. The molecule has 1 aliphatic carbocycles. The van der Waals surface area contributed by atoms with Crippen LogP contribution >= 0.6 is 0 Å².